The minimum absolute atomic E-state index is 0.0356. The van der Waals surface area contributed by atoms with E-state index in [0.717, 1.165) is 19.3 Å². The Bertz CT molecular complexity index is 447. The van der Waals surface area contributed by atoms with Crippen molar-refractivity contribution < 1.29 is 19.4 Å². The maximum absolute atomic E-state index is 11.9. The zero-order chi connectivity index (χ0) is 13.1. The number of nitrogens with one attached hydrogen (secondary N) is 1. The summed E-state index contributed by atoms with van der Waals surface area (Å²) in [6.45, 7) is -0.0356. The smallest absolute Gasteiger partial charge is 0.328 e. The molecule has 0 saturated carbocycles. The Morgan fingerprint density at radius 3 is 2.94 bits per heavy atom. The molecule has 1 aromatic rings. The lowest BCUT2D eigenvalue weighted by Crippen LogP contribution is -2.43. The number of aryl methyl sites for hydroxylation is 2. The second-order valence-electron chi connectivity index (χ2n) is 4.23. The first-order chi connectivity index (χ1) is 8.61. The molecule has 1 unspecified atom stereocenters. The Morgan fingerprint density at radius 1 is 1.56 bits per heavy atom. The van der Waals surface area contributed by atoms with E-state index >= 15 is 0 Å². The number of hydrogen-bond donors (Lipinski definition) is 2. The summed E-state index contributed by atoms with van der Waals surface area (Å²) >= 11 is 1.46. The number of fused-ring (bicyclic) bond motifs is 1. The van der Waals surface area contributed by atoms with Crippen molar-refractivity contribution in [3.05, 3.63) is 21.4 Å². The van der Waals surface area contributed by atoms with Crippen LogP contribution in [0.4, 0.5) is 0 Å². The third kappa shape index (κ3) is 2.70. The molecule has 1 heterocycles. The molecule has 98 valence electrons. The minimum Gasteiger partial charge on any atom is -0.480 e. The van der Waals surface area contributed by atoms with Gasteiger partial charge in [0.15, 0.2) is 6.04 Å². The topological polar surface area (TPSA) is 75.6 Å². The fourth-order valence-corrected chi connectivity index (χ4v) is 3.17. The van der Waals surface area contributed by atoms with E-state index in [2.05, 4.69) is 5.32 Å². The van der Waals surface area contributed by atoms with Crippen molar-refractivity contribution in [2.45, 2.75) is 25.3 Å². The first-order valence-electron chi connectivity index (χ1n) is 5.76. The van der Waals surface area contributed by atoms with Gasteiger partial charge in [0.2, 0.25) is 0 Å². The summed E-state index contributed by atoms with van der Waals surface area (Å²) in [4.78, 5) is 24.7. The SMILES string of the molecule is COCC(NC(=O)c1cc2c(s1)CCC2)C(=O)O. The lowest BCUT2D eigenvalue weighted by molar-refractivity contribution is -0.140. The molecule has 0 aromatic carbocycles. The van der Waals surface area contributed by atoms with Crippen LogP contribution >= 0.6 is 11.3 Å². The van der Waals surface area contributed by atoms with Crippen LogP contribution in [0.1, 0.15) is 26.5 Å². The number of ether oxygens (including phenoxy) is 1. The maximum atomic E-state index is 11.9. The molecule has 1 aromatic heterocycles. The van der Waals surface area contributed by atoms with Crippen LogP contribution in [0.25, 0.3) is 0 Å². The van der Waals surface area contributed by atoms with E-state index in [-0.39, 0.29) is 12.5 Å². The van der Waals surface area contributed by atoms with Gasteiger partial charge in [-0.15, -0.1) is 11.3 Å². The number of carboxylic acids is 1. The molecule has 2 rings (SSSR count). The number of hydrogen-bond acceptors (Lipinski definition) is 4. The van der Waals surface area contributed by atoms with Gasteiger partial charge in [-0.2, -0.15) is 0 Å². The first-order valence-corrected chi connectivity index (χ1v) is 6.57. The lowest BCUT2D eigenvalue weighted by Gasteiger charge is -2.12. The summed E-state index contributed by atoms with van der Waals surface area (Å²) in [5.41, 5.74) is 1.23. The van der Waals surface area contributed by atoms with Gasteiger partial charge in [-0.05, 0) is 30.9 Å². The van der Waals surface area contributed by atoms with Crippen molar-refractivity contribution in [1.29, 1.82) is 0 Å². The van der Waals surface area contributed by atoms with Gasteiger partial charge >= 0.3 is 5.97 Å². The quantitative estimate of drug-likeness (QED) is 0.838. The van der Waals surface area contributed by atoms with Crippen molar-refractivity contribution in [2.24, 2.45) is 0 Å². The molecule has 0 saturated heterocycles. The maximum Gasteiger partial charge on any atom is 0.328 e. The normalized spacial score (nSPS) is 15.2. The highest BCUT2D eigenvalue weighted by molar-refractivity contribution is 7.14. The molecule has 5 nitrogen and oxygen atoms in total. The molecule has 2 N–H and O–H groups in total. The summed E-state index contributed by atoms with van der Waals surface area (Å²) in [7, 11) is 1.40. The number of carbonyl (C=O) groups is 2. The molecule has 6 heteroatoms. The molecular weight excluding hydrogens is 254 g/mol. The number of carbonyl (C=O) groups excluding carboxylic acids is 1. The van der Waals surface area contributed by atoms with Crippen LogP contribution in [0.5, 0.6) is 0 Å². The molecule has 0 radical (unpaired) electrons. The zero-order valence-electron chi connectivity index (χ0n) is 10.1. The van der Waals surface area contributed by atoms with Crippen molar-refractivity contribution in [3.8, 4) is 0 Å². The first kappa shape index (κ1) is 13.0. The van der Waals surface area contributed by atoms with Crippen LogP contribution in [0, 0.1) is 0 Å². The van der Waals surface area contributed by atoms with E-state index in [4.69, 9.17) is 9.84 Å². The summed E-state index contributed by atoms with van der Waals surface area (Å²) in [5.74, 6) is -1.42. The molecule has 1 amide bonds. The van der Waals surface area contributed by atoms with E-state index in [1.165, 1.54) is 28.9 Å². The number of methoxy groups -OCH3 is 1. The van der Waals surface area contributed by atoms with Gasteiger partial charge in [-0.1, -0.05) is 0 Å². The van der Waals surface area contributed by atoms with Gasteiger partial charge in [0.1, 0.15) is 0 Å². The van der Waals surface area contributed by atoms with Gasteiger partial charge in [-0.3, -0.25) is 4.79 Å². The van der Waals surface area contributed by atoms with Crippen molar-refractivity contribution in [1.82, 2.24) is 5.32 Å². The van der Waals surface area contributed by atoms with E-state index in [9.17, 15) is 9.59 Å². The van der Waals surface area contributed by atoms with Crippen LogP contribution < -0.4 is 5.32 Å². The second-order valence-corrected chi connectivity index (χ2v) is 5.37. The predicted octanol–water partition coefficient (Wildman–Crippen LogP) is 1.07. The largest absolute Gasteiger partial charge is 0.480 e. The highest BCUT2D eigenvalue weighted by atomic mass is 32.1. The Morgan fingerprint density at radius 2 is 2.33 bits per heavy atom. The highest BCUT2D eigenvalue weighted by Crippen LogP contribution is 2.30. The third-order valence-corrected chi connectivity index (χ3v) is 4.14. The number of aliphatic carboxylic acids is 1. The van der Waals surface area contributed by atoms with E-state index < -0.39 is 12.0 Å². The molecule has 1 aliphatic carbocycles. The number of carboxylic acid groups (broad SMARTS) is 1. The van der Waals surface area contributed by atoms with Gasteiger partial charge in [0, 0.05) is 12.0 Å². The Hall–Kier alpha value is -1.40. The van der Waals surface area contributed by atoms with Gasteiger partial charge < -0.3 is 15.2 Å². The molecule has 1 aliphatic rings. The standard InChI is InChI=1S/C12H15NO4S/c1-17-6-8(12(15)16)13-11(14)10-5-7-3-2-4-9(7)18-10/h5,8H,2-4,6H2,1H3,(H,13,14)(H,15,16). The van der Waals surface area contributed by atoms with Gasteiger partial charge in [0.25, 0.3) is 5.91 Å². The van der Waals surface area contributed by atoms with Crippen molar-refractivity contribution in [3.63, 3.8) is 0 Å². The van der Waals surface area contributed by atoms with Crippen molar-refractivity contribution >= 4 is 23.2 Å². The summed E-state index contributed by atoms with van der Waals surface area (Å²) < 4.78 is 4.77. The monoisotopic (exact) mass is 269 g/mol. The average molecular weight is 269 g/mol. The van der Waals surface area contributed by atoms with Crippen LogP contribution in [-0.4, -0.2) is 36.7 Å². The summed E-state index contributed by atoms with van der Waals surface area (Å²) in [6, 6.07) is 0.869. The fraction of sp³-hybridized carbons (Fsp3) is 0.500. The Kier molecular flexibility index (Phi) is 3.98. The summed E-state index contributed by atoms with van der Waals surface area (Å²) in [5, 5.41) is 11.4. The molecular formula is C12H15NO4S. The van der Waals surface area contributed by atoms with Crippen LogP contribution in [0.2, 0.25) is 0 Å². The van der Waals surface area contributed by atoms with Crippen LogP contribution in [0.3, 0.4) is 0 Å². The number of thiophene rings is 1. The third-order valence-electron chi connectivity index (χ3n) is 2.91. The molecule has 1 atom stereocenters. The summed E-state index contributed by atoms with van der Waals surface area (Å²) in [6.07, 6.45) is 3.18. The van der Waals surface area contributed by atoms with Gasteiger partial charge in [0.05, 0.1) is 11.5 Å². The van der Waals surface area contributed by atoms with Crippen LogP contribution in [-0.2, 0) is 22.4 Å². The lowest BCUT2D eigenvalue weighted by atomic mass is 10.2. The number of amides is 1. The zero-order valence-corrected chi connectivity index (χ0v) is 10.9. The predicted molar refractivity (Wildman–Crippen MR) is 67.1 cm³/mol. The fourth-order valence-electron chi connectivity index (χ4n) is 2.01. The van der Waals surface area contributed by atoms with E-state index in [1.54, 1.807) is 0 Å². The highest BCUT2D eigenvalue weighted by Gasteiger charge is 2.23. The molecule has 0 spiro atoms. The average Bonchev–Trinajstić information content (AvgIpc) is 2.87. The Labute approximate surface area is 109 Å². The Balaban J connectivity index is 2.04. The second kappa shape index (κ2) is 5.49. The van der Waals surface area contributed by atoms with E-state index in [0.29, 0.717) is 4.88 Å². The van der Waals surface area contributed by atoms with Crippen LogP contribution in [0.15, 0.2) is 6.07 Å². The minimum atomic E-state index is -1.09. The molecule has 18 heavy (non-hydrogen) atoms. The van der Waals surface area contributed by atoms with E-state index in [1.807, 2.05) is 6.07 Å². The molecule has 0 aliphatic heterocycles. The van der Waals surface area contributed by atoms with Crippen molar-refractivity contribution in [2.75, 3.05) is 13.7 Å². The molecule has 0 bridgehead atoms. The van der Waals surface area contributed by atoms with Gasteiger partial charge in [-0.25, -0.2) is 4.79 Å². The number of rotatable bonds is 5. The molecule has 0 fully saturated rings.